The van der Waals surface area contributed by atoms with Crippen molar-refractivity contribution in [2.45, 2.75) is 18.3 Å². The van der Waals surface area contributed by atoms with Gasteiger partial charge in [0.15, 0.2) is 0 Å². The topological polar surface area (TPSA) is 62.7 Å². The normalized spacial score (nSPS) is 22.2. The zero-order valence-corrected chi connectivity index (χ0v) is 11.5. The van der Waals surface area contributed by atoms with E-state index in [1.54, 1.807) is 0 Å². The Morgan fingerprint density at radius 1 is 1.33 bits per heavy atom. The van der Waals surface area contributed by atoms with Gasteiger partial charge >= 0.3 is 12.1 Å². The standard InChI is InChI=1S/C12H11ClF3N3O2/c1-21-11(20)10-17-8(6-2-4-7(13)5-3-6)9(18-19-10)12(14,15)16/h2-5,8-9,18H,1H3,(H,17,19). The molecule has 9 heteroatoms. The first-order chi connectivity index (χ1) is 9.82. The van der Waals surface area contributed by atoms with Gasteiger partial charge in [0, 0.05) is 5.02 Å². The molecule has 2 atom stereocenters. The van der Waals surface area contributed by atoms with Crippen LogP contribution in [0.4, 0.5) is 13.2 Å². The molecule has 2 unspecified atom stereocenters. The zero-order chi connectivity index (χ0) is 15.6. The van der Waals surface area contributed by atoms with Crippen molar-refractivity contribution in [2.24, 2.45) is 4.99 Å². The predicted octanol–water partition coefficient (Wildman–Crippen LogP) is 1.99. The van der Waals surface area contributed by atoms with Crippen molar-refractivity contribution in [3.8, 4) is 0 Å². The first-order valence-electron chi connectivity index (χ1n) is 5.82. The molecular weight excluding hydrogens is 311 g/mol. The van der Waals surface area contributed by atoms with E-state index in [4.69, 9.17) is 11.6 Å². The number of halogens is 4. The molecule has 1 heterocycles. The van der Waals surface area contributed by atoms with Gasteiger partial charge < -0.3 is 4.74 Å². The molecule has 114 valence electrons. The van der Waals surface area contributed by atoms with Gasteiger partial charge in [-0.15, -0.1) is 0 Å². The van der Waals surface area contributed by atoms with Crippen LogP contribution in [0.1, 0.15) is 11.6 Å². The maximum absolute atomic E-state index is 13.1. The Bertz CT molecular complexity index is 560. The van der Waals surface area contributed by atoms with Crippen LogP contribution in [-0.4, -0.2) is 31.1 Å². The number of hydrazine groups is 1. The lowest BCUT2D eigenvalue weighted by atomic mass is 9.99. The lowest BCUT2D eigenvalue weighted by Crippen LogP contribution is -2.59. The molecule has 5 nitrogen and oxygen atoms in total. The number of carbonyl (C=O) groups excluding carboxylic acids is 1. The summed E-state index contributed by atoms with van der Waals surface area (Å²) in [6.07, 6.45) is -4.55. The van der Waals surface area contributed by atoms with Crippen LogP contribution in [-0.2, 0) is 9.53 Å². The van der Waals surface area contributed by atoms with E-state index < -0.39 is 24.2 Å². The zero-order valence-electron chi connectivity index (χ0n) is 10.7. The quantitative estimate of drug-likeness (QED) is 0.818. The van der Waals surface area contributed by atoms with Crippen LogP contribution in [0.15, 0.2) is 29.3 Å². The number of alkyl halides is 3. The number of carbonyl (C=O) groups is 1. The summed E-state index contributed by atoms with van der Waals surface area (Å²) in [7, 11) is 1.11. The van der Waals surface area contributed by atoms with E-state index in [0.29, 0.717) is 5.02 Å². The average Bonchev–Trinajstić information content (AvgIpc) is 2.45. The first kappa shape index (κ1) is 15.6. The first-order valence-corrected chi connectivity index (χ1v) is 6.20. The molecule has 2 N–H and O–H groups in total. The van der Waals surface area contributed by atoms with E-state index in [9.17, 15) is 18.0 Å². The van der Waals surface area contributed by atoms with Crippen molar-refractivity contribution < 1.29 is 22.7 Å². The fourth-order valence-corrected chi connectivity index (χ4v) is 1.99. The SMILES string of the molecule is COC(=O)C1=NC(c2ccc(Cl)cc2)C(C(F)(F)F)NN1. The Morgan fingerprint density at radius 3 is 2.48 bits per heavy atom. The van der Waals surface area contributed by atoms with Gasteiger partial charge in [-0.3, -0.25) is 10.4 Å². The molecule has 0 bridgehead atoms. The van der Waals surface area contributed by atoms with Crippen LogP contribution in [0, 0.1) is 0 Å². The van der Waals surface area contributed by atoms with Crippen LogP contribution < -0.4 is 10.9 Å². The van der Waals surface area contributed by atoms with Crippen LogP contribution in [0.5, 0.6) is 0 Å². The number of hydrogen-bond acceptors (Lipinski definition) is 5. The van der Waals surface area contributed by atoms with Gasteiger partial charge in [0.2, 0.25) is 5.84 Å². The highest BCUT2D eigenvalue weighted by Crippen LogP contribution is 2.34. The monoisotopic (exact) mass is 321 g/mol. The molecule has 1 aliphatic heterocycles. The third kappa shape index (κ3) is 3.45. The van der Waals surface area contributed by atoms with E-state index in [0.717, 1.165) is 7.11 Å². The van der Waals surface area contributed by atoms with Gasteiger partial charge in [-0.25, -0.2) is 10.2 Å². The Labute approximate surface area is 123 Å². The number of nitrogens with one attached hydrogen (secondary N) is 2. The molecule has 0 saturated carbocycles. The number of aliphatic imine (C=N–C) groups is 1. The number of benzene rings is 1. The molecule has 0 saturated heterocycles. The highest BCUT2D eigenvalue weighted by atomic mass is 35.5. The van der Waals surface area contributed by atoms with Gasteiger partial charge in [0.25, 0.3) is 0 Å². The molecule has 2 rings (SSSR count). The molecular formula is C12H11ClF3N3O2. The van der Waals surface area contributed by atoms with Crippen LogP contribution in [0.25, 0.3) is 0 Å². The molecule has 0 fully saturated rings. The number of esters is 1. The molecule has 0 spiro atoms. The Hall–Kier alpha value is -1.80. The summed E-state index contributed by atoms with van der Waals surface area (Å²) in [5.41, 5.74) is 4.44. The van der Waals surface area contributed by atoms with Crippen LogP contribution in [0.3, 0.4) is 0 Å². The Balaban J connectivity index is 2.41. The summed E-state index contributed by atoms with van der Waals surface area (Å²) < 4.78 is 43.6. The second kappa shape index (κ2) is 5.90. The minimum absolute atomic E-state index is 0.275. The third-order valence-corrected chi connectivity index (χ3v) is 3.12. The molecule has 0 aromatic heterocycles. The number of hydrogen-bond donors (Lipinski definition) is 2. The van der Waals surface area contributed by atoms with E-state index in [-0.39, 0.29) is 11.4 Å². The van der Waals surface area contributed by atoms with Crippen molar-refractivity contribution in [1.29, 1.82) is 0 Å². The summed E-state index contributed by atoms with van der Waals surface area (Å²) in [5.74, 6) is -1.18. The van der Waals surface area contributed by atoms with E-state index in [1.807, 2.05) is 5.43 Å². The summed E-state index contributed by atoms with van der Waals surface area (Å²) in [6, 6.07) is 2.47. The second-order valence-electron chi connectivity index (χ2n) is 4.25. The smallest absolute Gasteiger partial charge is 0.408 e. The van der Waals surface area contributed by atoms with Crippen molar-refractivity contribution >= 4 is 23.4 Å². The Kier molecular flexibility index (Phi) is 4.38. The van der Waals surface area contributed by atoms with Gasteiger partial charge in [0.05, 0.1) is 7.11 Å². The second-order valence-corrected chi connectivity index (χ2v) is 4.69. The van der Waals surface area contributed by atoms with E-state index in [1.165, 1.54) is 24.3 Å². The number of methoxy groups -OCH3 is 1. The van der Waals surface area contributed by atoms with Gasteiger partial charge in [-0.05, 0) is 17.7 Å². The molecule has 21 heavy (non-hydrogen) atoms. The number of amidine groups is 1. The fourth-order valence-electron chi connectivity index (χ4n) is 1.86. The molecule has 0 amide bonds. The predicted molar refractivity (Wildman–Crippen MR) is 69.8 cm³/mol. The van der Waals surface area contributed by atoms with Gasteiger partial charge in [-0.1, -0.05) is 23.7 Å². The molecule has 1 aromatic rings. The van der Waals surface area contributed by atoms with Crippen molar-refractivity contribution in [2.75, 3.05) is 7.11 Å². The Morgan fingerprint density at radius 2 is 1.95 bits per heavy atom. The molecule has 1 aliphatic rings. The van der Waals surface area contributed by atoms with Crippen molar-refractivity contribution in [3.63, 3.8) is 0 Å². The minimum Gasteiger partial charge on any atom is -0.463 e. The molecule has 0 radical (unpaired) electrons. The molecule has 0 aliphatic carbocycles. The van der Waals surface area contributed by atoms with Gasteiger partial charge in [0.1, 0.15) is 12.1 Å². The maximum atomic E-state index is 13.1. The highest BCUT2D eigenvalue weighted by molar-refractivity contribution is 6.35. The minimum atomic E-state index is -4.55. The van der Waals surface area contributed by atoms with E-state index >= 15 is 0 Å². The lowest BCUT2D eigenvalue weighted by molar-refractivity contribution is -0.164. The average molecular weight is 322 g/mol. The summed E-state index contributed by atoms with van der Waals surface area (Å²) in [5, 5.41) is 0.390. The van der Waals surface area contributed by atoms with Crippen LogP contribution in [0.2, 0.25) is 5.02 Å². The maximum Gasteiger partial charge on any atom is 0.408 e. The third-order valence-electron chi connectivity index (χ3n) is 2.87. The van der Waals surface area contributed by atoms with E-state index in [2.05, 4.69) is 15.2 Å². The highest BCUT2D eigenvalue weighted by Gasteiger charge is 2.48. The van der Waals surface area contributed by atoms with Crippen LogP contribution >= 0.6 is 11.6 Å². The number of ether oxygens (including phenoxy) is 1. The van der Waals surface area contributed by atoms with Crippen molar-refractivity contribution in [1.82, 2.24) is 10.9 Å². The summed E-state index contributed by atoms with van der Waals surface area (Å²) in [6.45, 7) is 0. The molecule has 1 aromatic carbocycles. The van der Waals surface area contributed by atoms with Gasteiger partial charge in [-0.2, -0.15) is 13.2 Å². The largest absolute Gasteiger partial charge is 0.463 e. The summed E-state index contributed by atoms with van der Waals surface area (Å²) in [4.78, 5) is 15.2. The van der Waals surface area contributed by atoms with Crippen molar-refractivity contribution in [3.05, 3.63) is 34.9 Å². The summed E-state index contributed by atoms with van der Waals surface area (Å²) >= 11 is 5.72. The fraction of sp³-hybridized carbons (Fsp3) is 0.333. The number of rotatable bonds is 2. The number of nitrogens with zero attached hydrogens (tertiary/aromatic N) is 1. The lowest BCUT2D eigenvalue weighted by Gasteiger charge is -2.32.